The monoisotopic (exact) mass is 281 g/mol. The Balaban J connectivity index is 1.81. The molecule has 0 radical (unpaired) electrons. The van der Waals surface area contributed by atoms with Gasteiger partial charge in [-0.15, -0.1) is 0 Å². The van der Waals surface area contributed by atoms with Crippen molar-refractivity contribution in [2.75, 3.05) is 26.2 Å². The highest BCUT2D eigenvalue weighted by Crippen LogP contribution is 2.21. The van der Waals surface area contributed by atoms with Gasteiger partial charge in [0.05, 0.1) is 5.56 Å². The molecule has 0 bridgehead atoms. The number of likely N-dealkylation sites (tertiary alicyclic amines) is 1. The predicted octanol–water partition coefficient (Wildman–Crippen LogP) is 3.26. The normalized spacial score (nSPS) is 17.4. The summed E-state index contributed by atoms with van der Waals surface area (Å²) in [6.45, 7) is 6.11. The molecule has 0 N–H and O–H groups in total. The van der Waals surface area contributed by atoms with E-state index in [1.807, 2.05) is 0 Å². The van der Waals surface area contributed by atoms with E-state index >= 15 is 0 Å². The van der Waals surface area contributed by atoms with E-state index in [2.05, 4.69) is 11.8 Å². The van der Waals surface area contributed by atoms with E-state index in [4.69, 9.17) is 16.3 Å². The number of piperidine rings is 1. The molecule has 1 heterocycles. The number of carbonyl (C=O) groups is 1. The van der Waals surface area contributed by atoms with Crippen molar-refractivity contribution in [2.45, 2.75) is 19.8 Å². The summed E-state index contributed by atoms with van der Waals surface area (Å²) in [5.41, 5.74) is 0.514. The van der Waals surface area contributed by atoms with Crippen LogP contribution >= 0.6 is 11.6 Å². The van der Waals surface area contributed by atoms with Gasteiger partial charge in [0.25, 0.3) is 0 Å². The van der Waals surface area contributed by atoms with Crippen LogP contribution < -0.4 is 4.74 Å². The zero-order valence-corrected chi connectivity index (χ0v) is 12.0. The van der Waals surface area contributed by atoms with Crippen molar-refractivity contribution in [1.82, 2.24) is 4.90 Å². The zero-order chi connectivity index (χ0) is 13.7. The lowest BCUT2D eigenvalue weighted by molar-refractivity contribution is 0.111. The maximum atomic E-state index is 10.9. The molecule has 0 amide bonds. The molecular formula is C15H20ClNO2. The van der Waals surface area contributed by atoms with Crippen LogP contribution in [0.2, 0.25) is 5.02 Å². The van der Waals surface area contributed by atoms with Gasteiger partial charge in [-0.2, -0.15) is 0 Å². The van der Waals surface area contributed by atoms with Gasteiger partial charge in [0.1, 0.15) is 12.4 Å². The fourth-order valence-electron chi connectivity index (χ4n) is 2.31. The molecule has 1 saturated heterocycles. The van der Waals surface area contributed by atoms with Crippen LogP contribution in [-0.4, -0.2) is 37.4 Å². The quantitative estimate of drug-likeness (QED) is 0.776. The maximum absolute atomic E-state index is 10.9. The van der Waals surface area contributed by atoms with Crippen molar-refractivity contribution < 1.29 is 9.53 Å². The van der Waals surface area contributed by atoms with E-state index in [0.29, 0.717) is 22.9 Å². The Labute approximate surface area is 119 Å². The fraction of sp³-hybridized carbons (Fsp3) is 0.533. The van der Waals surface area contributed by atoms with Crippen LogP contribution in [0.5, 0.6) is 5.75 Å². The van der Waals surface area contributed by atoms with Gasteiger partial charge in [-0.1, -0.05) is 18.5 Å². The Bertz CT molecular complexity index is 428. The van der Waals surface area contributed by atoms with Gasteiger partial charge in [0.15, 0.2) is 6.29 Å². The van der Waals surface area contributed by atoms with Crippen LogP contribution in [0.4, 0.5) is 0 Å². The molecule has 1 aromatic carbocycles. The van der Waals surface area contributed by atoms with E-state index in [0.717, 1.165) is 31.8 Å². The van der Waals surface area contributed by atoms with Crippen molar-refractivity contribution in [3.05, 3.63) is 28.8 Å². The minimum Gasteiger partial charge on any atom is -0.492 e. The summed E-state index contributed by atoms with van der Waals surface area (Å²) in [5.74, 6) is 1.46. The number of benzene rings is 1. The second-order valence-corrected chi connectivity index (χ2v) is 5.61. The van der Waals surface area contributed by atoms with Crippen molar-refractivity contribution in [1.29, 1.82) is 0 Å². The van der Waals surface area contributed by atoms with Gasteiger partial charge in [-0.25, -0.2) is 0 Å². The van der Waals surface area contributed by atoms with E-state index in [1.54, 1.807) is 18.2 Å². The molecule has 0 aromatic heterocycles. The summed E-state index contributed by atoms with van der Waals surface area (Å²) >= 11 is 5.84. The SMILES string of the molecule is CC1CCN(CCOc2ccc(Cl)cc2C=O)CC1. The highest BCUT2D eigenvalue weighted by molar-refractivity contribution is 6.30. The third-order valence-corrected chi connectivity index (χ3v) is 3.88. The molecule has 4 heteroatoms. The standard InChI is InChI=1S/C15H20ClNO2/c1-12-4-6-17(7-5-12)8-9-19-15-3-2-14(16)10-13(15)11-18/h2-3,10-12H,4-9H2,1H3. The number of hydrogen-bond donors (Lipinski definition) is 0. The molecule has 0 saturated carbocycles. The Kier molecular flexibility index (Phi) is 5.23. The predicted molar refractivity (Wildman–Crippen MR) is 77.2 cm³/mol. The zero-order valence-electron chi connectivity index (χ0n) is 11.3. The molecule has 0 unspecified atom stereocenters. The third kappa shape index (κ3) is 4.22. The number of nitrogens with zero attached hydrogens (tertiary/aromatic N) is 1. The molecule has 1 fully saturated rings. The molecule has 104 valence electrons. The minimum absolute atomic E-state index is 0.514. The van der Waals surface area contributed by atoms with Gasteiger partial charge in [-0.05, 0) is 50.0 Å². The molecule has 1 aliphatic heterocycles. The van der Waals surface area contributed by atoms with Crippen LogP contribution in [0.3, 0.4) is 0 Å². The highest BCUT2D eigenvalue weighted by atomic mass is 35.5. The highest BCUT2D eigenvalue weighted by Gasteiger charge is 2.15. The summed E-state index contributed by atoms with van der Waals surface area (Å²) in [5, 5.41) is 0.555. The summed E-state index contributed by atoms with van der Waals surface area (Å²) in [4.78, 5) is 13.3. The number of rotatable bonds is 5. The smallest absolute Gasteiger partial charge is 0.153 e. The summed E-state index contributed by atoms with van der Waals surface area (Å²) < 4.78 is 5.68. The Morgan fingerprint density at radius 3 is 2.84 bits per heavy atom. The van der Waals surface area contributed by atoms with Gasteiger partial charge < -0.3 is 4.74 Å². The van der Waals surface area contributed by atoms with E-state index in [-0.39, 0.29) is 0 Å². The largest absolute Gasteiger partial charge is 0.492 e. The number of carbonyl (C=O) groups excluding carboxylic acids is 1. The van der Waals surface area contributed by atoms with Crippen molar-refractivity contribution >= 4 is 17.9 Å². The average molecular weight is 282 g/mol. The van der Waals surface area contributed by atoms with Gasteiger partial charge in [0, 0.05) is 11.6 Å². The first-order chi connectivity index (χ1) is 9.19. The Morgan fingerprint density at radius 2 is 2.16 bits per heavy atom. The second kappa shape index (κ2) is 6.92. The summed E-state index contributed by atoms with van der Waals surface area (Å²) in [6, 6.07) is 5.13. The number of halogens is 1. The molecule has 1 aliphatic rings. The number of aldehydes is 1. The maximum Gasteiger partial charge on any atom is 0.153 e. The van der Waals surface area contributed by atoms with Crippen LogP contribution in [0.15, 0.2) is 18.2 Å². The molecule has 2 rings (SSSR count). The minimum atomic E-state index is 0.514. The Hall–Kier alpha value is -1.06. The summed E-state index contributed by atoms with van der Waals surface area (Å²) in [7, 11) is 0. The fourth-order valence-corrected chi connectivity index (χ4v) is 2.49. The lowest BCUT2D eigenvalue weighted by atomic mass is 9.99. The molecule has 0 spiro atoms. The van der Waals surface area contributed by atoms with Gasteiger partial charge in [0.2, 0.25) is 0 Å². The first-order valence-corrected chi connectivity index (χ1v) is 7.16. The third-order valence-electron chi connectivity index (χ3n) is 3.64. The van der Waals surface area contributed by atoms with Crippen molar-refractivity contribution in [2.24, 2.45) is 5.92 Å². The number of hydrogen-bond acceptors (Lipinski definition) is 3. The molecule has 3 nitrogen and oxygen atoms in total. The molecule has 19 heavy (non-hydrogen) atoms. The molecule has 1 aromatic rings. The van der Waals surface area contributed by atoms with Crippen LogP contribution in [-0.2, 0) is 0 Å². The molecule has 0 atom stereocenters. The van der Waals surface area contributed by atoms with Crippen LogP contribution in [0, 0.1) is 5.92 Å². The topological polar surface area (TPSA) is 29.5 Å². The number of ether oxygens (including phenoxy) is 1. The first-order valence-electron chi connectivity index (χ1n) is 6.79. The van der Waals surface area contributed by atoms with Gasteiger partial charge >= 0.3 is 0 Å². The van der Waals surface area contributed by atoms with Gasteiger partial charge in [-0.3, -0.25) is 9.69 Å². The Morgan fingerprint density at radius 1 is 1.42 bits per heavy atom. The average Bonchev–Trinajstić information content (AvgIpc) is 2.42. The first kappa shape index (κ1) is 14.4. The lowest BCUT2D eigenvalue weighted by Gasteiger charge is -2.29. The lowest BCUT2D eigenvalue weighted by Crippen LogP contribution is -2.35. The van der Waals surface area contributed by atoms with E-state index in [1.165, 1.54) is 12.8 Å². The van der Waals surface area contributed by atoms with Crippen LogP contribution in [0.1, 0.15) is 30.1 Å². The summed E-state index contributed by atoms with van der Waals surface area (Å²) in [6.07, 6.45) is 3.31. The van der Waals surface area contributed by atoms with Crippen LogP contribution in [0.25, 0.3) is 0 Å². The molecule has 0 aliphatic carbocycles. The van der Waals surface area contributed by atoms with E-state index < -0.39 is 0 Å². The van der Waals surface area contributed by atoms with E-state index in [9.17, 15) is 4.79 Å². The molecular weight excluding hydrogens is 262 g/mol. The van der Waals surface area contributed by atoms with Crippen molar-refractivity contribution in [3.63, 3.8) is 0 Å². The second-order valence-electron chi connectivity index (χ2n) is 5.17. The van der Waals surface area contributed by atoms with Crippen molar-refractivity contribution in [3.8, 4) is 5.75 Å².